The molecule has 0 aliphatic carbocycles. The number of amides is 1. The summed E-state index contributed by atoms with van der Waals surface area (Å²) in [5.41, 5.74) is 1.48. The SMILES string of the molecule is CCCCN(CCO)C(=O)c1ccc2cn[nH]c2c1. The van der Waals surface area contributed by atoms with E-state index in [9.17, 15) is 4.79 Å². The van der Waals surface area contributed by atoms with Gasteiger partial charge < -0.3 is 10.0 Å². The molecule has 1 amide bonds. The number of aromatic amines is 1. The fourth-order valence-electron chi connectivity index (χ4n) is 2.04. The number of hydrogen-bond donors (Lipinski definition) is 2. The lowest BCUT2D eigenvalue weighted by Crippen LogP contribution is -2.34. The molecule has 0 bridgehead atoms. The number of carbonyl (C=O) groups is 1. The van der Waals surface area contributed by atoms with E-state index in [-0.39, 0.29) is 12.5 Å². The molecular weight excluding hydrogens is 242 g/mol. The van der Waals surface area contributed by atoms with Crippen LogP contribution < -0.4 is 0 Å². The first kappa shape index (κ1) is 13.5. The van der Waals surface area contributed by atoms with Gasteiger partial charge in [0, 0.05) is 24.0 Å². The number of H-pyrrole nitrogens is 1. The van der Waals surface area contributed by atoms with Crippen molar-refractivity contribution in [3.8, 4) is 0 Å². The topological polar surface area (TPSA) is 69.2 Å². The zero-order valence-corrected chi connectivity index (χ0v) is 11.1. The third kappa shape index (κ3) is 3.12. The van der Waals surface area contributed by atoms with Gasteiger partial charge in [0.15, 0.2) is 0 Å². The predicted octanol–water partition coefficient (Wildman–Crippen LogP) is 1.80. The third-order valence-corrected chi connectivity index (χ3v) is 3.13. The van der Waals surface area contributed by atoms with Crippen molar-refractivity contribution >= 4 is 16.8 Å². The third-order valence-electron chi connectivity index (χ3n) is 3.13. The number of carbonyl (C=O) groups excluding carboxylic acids is 1. The zero-order valence-electron chi connectivity index (χ0n) is 11.1. The van der Waals surface area contributed by atoms with Crippen molar-refractivity contribution in [2.75, 3.05) is 19.7 Å². The number of aliphatic hydroxyl groups is 1. The van der Waals surface area contributed by atoms with E-state index in [0.29, 0.717) is 18.7 Å². The quantitative estimate of drug-likeness (QED) is 0.833. The summed E-state index contributed by atoms with van der Waals surface area (Å²) in [4.78, 5) is 14.1. The molecule has 0 fully saturated rings. The highest BCUT2D eigenvalue weighted by Gasteiger charge is 2.15. The molecule has 0 aliphatic heterocycles. The van der Waals surface area contributed by atoms with Crippen LogP contribution in [-0.2, 0) is 0 Å². The second-order valence-corrected chi connectivity index (χ2v) is 4.54. The normalized spacial score (nSPS) is 10.8. The fourth-order valence-corrected chi connectivity index (χ4v) is 2.04. The second-order valence-electron chi connectivity index (χ2n) is 4.54. The van der Waals surface area contributed by atoms with Crippen LogP contribution in [0.1, 0.15) is 30.1 Å². The van der Waals surface area contributed by atoms with Crippen molar-refractivity contribution < 1.29 is 9.90 Å². The van der Waals surface area contributed by atoms with Gasteiger partial charge >= 0.3 is 0 Å². The van der Waals surface area contributed by atoms with Crippen molar-refractivity contribution in [2.45, 2.75) is 19.8 Å². The van der Waals surface area contributed by atoms with E-state index in [1.807, 2.05) is 6.07 Å². The minimum Gasteiger partial charge on any atom is -0.395 e. The van der Waals surface area contributed by atoms with Crippen LogP contribution in [-0.4, -0.2) is 45.8 Å². The lowest BCUT2D eigenvalue weighted by Gasteiger charge is -2.21. The van der Waals surface area contributed by atoms with E-state index in [2.05, 4.69) is 17.1 Å². The van der Waals surface area contributed by atoms with Crippen LogP contribution in [0.3, 0.4) is 0 Å². The van der Waals surface area contributed by atoms with E-state index in [0.717, 1.165) is 23.7 Å². The lowest BCUT2D eigenvalue weighted by molar-refractivity contribution is 0.0719. The van der Waals surface area contributed by atoms with Crippen molar-refractivity contribution in [3.05, 3.63) is 30.0 Å². The average Bonchev–Trinajstić information content (AvgIpc) is 2.90. The molecule has 0 spiro atoms. The number of hydrogen-bond acceptors (Lipinski definition) is 3. The molecule has 0 radical (unpaired) electrons. The van der Waals surface area contributed by atoms with Gasteiger partial charge in [-0.3, -0.25) is 9.89 Å². The Morgan fingerprint density at radius 3 is 3.00 bits per heavy atom. The van der Waals surface area contributed by atoms with Crippen molar-refractivity contribution in [3.63, 3.8) is 0 Å². The van der Waals surface area contributed by atoms with Gasteiger partial charge in [-0.25, -0.2) is 0 Å². The highest BCUT2D eigenvalue weighted by molar-refractivity contribution is 5.97. The van der Waals surface area contributed by atoms with Gasteiger partial charge in [-0.05, 0) is 18.6 Å². The predicted molar refractivity (Wildman–Crippen MR) is 74.0 cm³/mol. The minimum atomic E-state index is -0.0426. The molecule has 0 aliphatic rings. The maximum Gasteiger partial charge on any atom is 0.254 e. The summed E-state index contributed by atoms with van der Waals surface area (Å²) < 4.78 is 0. The summed E-state index contributed by atoms with van der Waals surface area (Å²) in [5, 5.41) is 16.8. The van der Waals surface area contributed by atoms with Gasteiger partial charge in [0.05, 0.1) is 18.3 Å². The summed E-state index contributed by atoms with van der Waals surface area (Å²) in [7, 11) is 0. The van der Waals surface area contributed by atoms with Crippen molar-refractivity contribution in [2.24, 2.45) is 0 Å². The largest absolute Gasteiger partial charge is 0.395 e. The van der Waals surface area contributed by atoms with E-state index >= 15 is 0 Å². The van der Waals surface area contributed by atoms with Gasteiger partial charge in [-0.15, -0.1) is 0 Å². The molecule has 0 saturated heterocycles. The van der Waals surface area contributed by atoms with Gasteiger partial charge in [-0.2, -0.15) is 5.10 Å². The summed E-state index contributed by atoms with van der Waals surface area (Å²) >= 11 is 0. The van der Waals surface area contributed by atoms with Crippen LogP contribution in [0.2, 0.25) is 0 Å². The van der Waals surface area contributed by atoms with Crippen LogP contribution in [0.5, 0.6) is 0 Å². The Morgan fingerprint density at radius 1 is 1.42 bits per heavy atom. The number of nitrogens with one attached hydrogen (secondary N) is 1. The Morgan fingerprint density at radius 2 is 2.26 bits per heavy atom. The average molecular weight is 261 g/mol. The first-order valence-electron chi connectivity index (χ1n) is 6.59. The molecule has 2 rings (SSSR count). The molecule has 5 heteroatoms. The number of aromatic nitrogens is 2. The number of nitrogens with zero attached hydrogens (tertiary/aromatic N) is 2. The van der Waals surface area contributed by atoms with Gasteiger partial charge in [0.2, 0.25) is 0 Å². The van der Waals surface area contributed by atoms with E-state index < -0.39 is 0 Å². The minimum absolute atomic E-state index is 0.0121. The first-order valence-corrected chi connectivity index (χ1v) is 6.59. The summed E-state index contributed by atoms with van der Waals surface area (Å²) in [6, 6.07) is 5.49. The van der Waals surface area contributed by atoms with Crippen LogP contribution in [0.4, 0.5) is 0 Å². The fraction of sp³-hybridized carbons (Fsp3) is 0.429. The number of rotatable bonds is 6. The maximum absolute atomic E-state index is 12.4. The van der Waals surface area contributed by atoms with Crippen molar-refractivity contribution in [1.29, 1.82) is 0 Å². The van der Waals surface area contributed by atoms with Crippen molar-refractivity contribution in [1.82, 2.24) is 15.1 Å². The summed E-state index contributed by atoms with van der Waals surface area (Å²) in [5.74, 6) is -0.0426. The molecule has 19 heavy (non-hydrogen) atoms. The number of benzene rings is 1. The van der Waals surface area contributed by atoms with Crippen LogP contribution in [0, 0.1) is 0 Å². The molecule has 2 N–H and O–H groups in total. The Balaban J connectivity index is 2.19. The van der Waals surface area contributed by atoms with E-state index in [1.54, 1.807) is 23.2 Å². The molecular formula is C14H19N3O2. The standard InChI is InChI=1S/C14H19N3O2/c1-2-3-6-17(7-8-18)14(19)11-4-5-12-10-15-16-13(12)9-11/h4-5,9-10,18H,2-3,6-8H2,1H3,(H,15,16). The summed E-state index contributed by atoms with van der Waals surface area (Å²) in [6.07, 6.45) is 3.69. The zero-order chi connectivity index (χ0) is 13.7. The van der Waals surface area contributed by atoms with E-state index in [4.69, 9.17) is 5.11 Å². The molecule has 0 atom stereocenters. The van der Waals surface area contributed by atoms with Gasteiger partial charge in [0.1, 0.15) is 0 Å². The Hall–Kier alpha value is -1.88. The Bertz CT molecular complexity index is 550. The Labute approximate surface area is 112 Å². The monoisotopic (exact) mass is 261 g/mol. The van der Waals surface area contributed by atoms with Crippen LogP contribution >= 0.6 is 0 Å². The van der Waals surface area contributed by atoms with Gasteiger partial charge in [-0.1, -0.05) is 19.4 Å². The molecule has 2 aromatic rings. The number of fused-ring (bicyclic) bond motifs is 1. The molecule has 5 nitrogen and oxygen atoms in total. The molecule has 102 valence electrons. The highest BCUT2D eigenvalue weighted by Crippen LogP contribution is 2.14. The molecule has 1 aromatic heterocycles. The maximum atomic E-state index is 12.4. The Kier molecular flexibility index (Phi) is 4.52. The molecule has 0 unspecified atom stereocenters. The van der Waals surface area contributed by atoms with E-state index in [1.165, 1.54) is 0 Å². The molecule has 1 heterocycles. The number of aliphatic hydroxyl groups excluding tert-OH is 1. The van der Waals surface area contributed by atoms with Crippen LogP contribution in [0.15, 0.2) is 24.4 Å². The van der Waals surface area contributed by atoms with Crippen LogP contribution in [0.25, 0.3) is 10.9 Å². The summed E-state index contributed by atoms with van der Waals surface area (Å²) in [6.45, 7) is 3.12. The smallest absolute Gasteiger partial charge is 0.254 e. The second kappa shape index (κ2) is 6.33. The first-order chi connectivity index (χ1) is 9.26. The van der Waals surface area contributed by atoms with Gasteiger partial charge in [0.25, 0.3) is 5.91 Å². The molecule has 0 saturated carbocycles. The molecule has 1 aromatic carbocycles. The lowest BCUT2D eigenvalue weighted by atomic mass is 10.1. The highest BCUT2D eigenvalue weighted by atomic mass is 16.3. The number of unbranched alkanes of at least 4 members (excludes halogenated alkanes) is 1.